The molecule has 0 N–H and O–H groups in total. The summed E-state index contributed by atoms with van der Waals surface area (Å²) in [5, 5.41) is 0. The van der Waals surface area contributed by atoms with Crippen molar-refractivity contribution in [2.75, 3.05) is 0 Å². The van der Waals surface area contributed by atoms with Gasteiger partial charge in [-0.3, -0.25) is 0 Å². The van der Waals surface area contributed by atoms with Crippen molar-refractivity contribution in [3.63, 3.8) is 0 Å². The molecule has 3 atom stereocenters. The van der Waals surface area contributed by atoms with Gasteiger partial charge in [-0.15, -0.1) is 0 Å². The number of ether oxygens (including phenoxy) is 2. The van der Waals surface area contributed by atoms with Gasteiger partial charge in [0.15, 0.2) is 6.17 Å². The zero-order chi connectivity index (χ0) is 21.1. The zero-order valence-corrected chi connectivity index (χ0v) is 15.7. The van der Waals surface area contributed by atoms with Crippen molar-refractivity contribution < 1.29 is 75.3 Å². The van der Waals surface area contributed by atoms with Crippen LogP contribution in [0.15, 0.2) is 0 Å². The van der Waals surface area contributed by atoms with E-state index in [1.54, 1.807) is 0 Å². The van der Waals surface area contributed by atoms with Crippen LogP contribution in [-0.4, -0.2) is 24.7 Å². The van der Waals surface area contributed by atoms with Crippen LogP contribution in [0.25, 0.3) is 0 Å². The van der Waals surface area contributed by atoms with Crippen molar-refractivity contribution in [2.45, 2.75) is 45.4 Å². The number of alkyl halides is 1. The Morgan fingerprint density at radius 1 is 0.731 bits per heavy atom. The summed E-state index contributed by atoms with van der Waals surface area (Å²) in [6.07, 6.45) is -1.59. The first-order valence-corrected chi connectivity index (χ1v) is 5.28. The van der Waals surface area contributed by atoms with Gasteiger partial charge in [0.2, 0.25) is 6.29 Å². The van der Waals surface area contributed by atoms with Gasteiger partial charge in [-0.05, 0) is 26.7 Å². The van der Waals surface area contributed by atoms with Crippen LogP contribution < -0.4 is 0 Å². The summed E-state index contributed by atoms with van der Waals surface area (Å²) in [7, 11) is 0. The van der Waals surface area contributed by atoms with Gasteiger partial charge in [0, 0.05) is 33.6 Å². The third-order valence-corrected chi connectivity index (χ3v) is 1.74. The summed E-state index contributed by atoms with van der Waals surface area (Å²) in [4.78, 5) is 0. The number of hydrogen-bond donors (Lipinski definition) is 0. The SMILES string of the molecule is C[C@@H](F)C#CC1O[C@H](C)[C@@H](C)O1.[C-]#[O+].[C-]#[O+].[C-]#[O+].[C-]#[O+].[C-]#[O+].[C-]#[O+].[Co].[Co]. The minimum Gasteiger partial charge on any atom is 0 e. The average molecular weight is 458 g/mol. The van der Waals surface area contributed by atoms with Gasteiger partial charge in [-0.2, -0.15) is 0 Å². The van der Waals surface area contributed by atoms with Gasteiger partial charge in [-0.25, -0.2) is 4.39 Å². The fourth-order valence-corrected chi connectivity index (χ4v) is 0.894. The summed E-state index contributed by atoms with van der Waals surface area (Å²) in [6, 6.07) is 0. The molecule has 0 aromatic rings. The van der Waals surface area contributed by atoms with Gasteiger partial charge in [0.05, 0.1) is 12.2 Å². The van der Waals surface area contributed by atoms with Gasteiger partial charge in [0.1, 0.15) is 0 Å². The van der Waals surface area contributed by atoms with E-state index < -0.39 is 12.5 Å². The monoisotopic (exact) mass is 458 g/mol. The fourth-order valence-electron chi connectivity index (χ4n) is 0.894. The predicted octanol–water partition coefficient (Wildman–Crippen LogP) is 1.27. The maximum Gasteiger partial charge on any atom is 0 e. The number of hydrogen-bond acceptors (Lipinski definition) is 2. The molecule has 0 aliphatic carbocycles. The zero-order valence-electron chi connectivity index (χ0n) is 13.6. The second-order valence-electron chi connectivity index (χ2n) is 2.92. The van der Waals surface area contributed by atoms with Gasteiger partial charge >= 0.3 is 67.8 Å². The molecule has 0 spiro atoms. The Bertz CT molecular complexity index is 376. The molecule has 0 amide bonds. The average Bonchev–Trinajstić information content (AvgIpc) is 3.01. The van der Waals surface area contributed by atoms with Crippen LogP contribution in [0.5, 0.6) is 0 Å². The second kappa shape index (κ2) is 56.5. The summed E-state index contributed by atoms with van der Waals surface area (Å²) >= 11 is 0. The molecule has 1 heterocycles. The van der Waals surface area contributed by atoms with E-state index in [1.165, 1.54) is 6.92 Å². The first kappa shape index (κ1) is 49.8. The first-order valence-electron chi connectivity index (χ1n) is 5.28. The molecule has 1 saturated heterocycles. The van der Waals surface area contributed by atoms with Crippen molar-refractivity contribution in [1.82, 2.24) is 0 Å². The van der Waals surface area contributed by atoms with Crippen LogP contribution in [-0.2, 0) is 70.9 Å². The summed E-state index contributed by atoms with van der Waals surface area (Å²) < 4.78 is 67.8. The van der Waals surface area contributed by atoms with Crippen LogP contribution in [0, 0.1) is 51.7 Å². The van der Waals surface area contributed by atoms with Crippen LogP contribution in [0.1, 0.15) is 20.8 Å². The van der Waals surface area contributed by atoms with Crippen molar-refractivity contribution in [1.29, 1.82) is 0 Å². The van der Waals surface area contributed by atoms with E-state index in [4.69, 9.17) is 37.4 Å². The second-order valence-corrected chi connectivity index (χ2v) is 2.92. The molecule has 0 unspecified atom stereocenters. The van der Waals surface area contributed by atoms with Gasteiger partial charge < -0.3 is 9.47 Å². The molecule has 0 aromatic carbocycles. The Hall–Kier alpha value is -1.14. The molecule has 11 heteroatoms. The summed E-state index contributed by atoms with van der Waals surface area (Å²) in [5.41, 5.74) is 0. The molecule has 1 fully saturated rings. The van der Waals surface area contributed by atoms with E-state index in [1.807, 2.05) is 13.8 Å². The first-order chi connectivity index (χ1) is 11.6. The minimum atomic E-state index is -1.12. The van der Waals surface area contributed by atoms with E-state index in [9.17, 15) is 4.39 Å². The Morgan fingerprint density at radius 3 is 1.15 bits per heavy atom. The fraction of sp³-hybridized carbons (Fsp3) is 0.467. The Morgan fingerprint density at radius 2 is 0.962 bits per heavy atom. The van der Waals surface area contributed by atoms with Crippen molar-refractivity contribution in [3.8, 4) is 11.8 Å². The Labute approximate surface area is 172 Å². The van der Waals surface area contributed by atoms with Crippen molar-refractivity contribution in [3.05, 3.63) is 39.9 Å². The van der Waals surface area contributed by atoms with Crippen molar-refractivity contribution >= 4 is 0 Å². The van der Waals surface area contributed by atoms with Crippen LogP contribution in [0.2, 0.25) is 0 Å². The normalized spacial score (nSPS) is 15.5. The largest absolute Gasteiger partial charge is 0 e. The van der Waals surface area contributed by atoms with Crippen molar-refractivity contribution in [2.24, 2.45) is 0 Å². The summed E-state index contributed by atoms with van der Waals surface area (Å²) in [5.74, 6) is 4.93. The molecule has 26 heavy (non-hydrogen) atoms. The maximum atomic E-state index is 12.3. The van der Waals surface area contributed by atoms with E-state index in [0.29, 0.717) is 0 Å². The molecule has 0 saturated carbocycles. The molecule has 1 aliphatic rings. The van der Waals surface area contributed by atoms with E-state index in [2.05, 4.69) is 51.7 Å². The molecule has 146 valence electrons. The molecule has 2 radical (unpaired) electrons. The van der Waals surface area contributed by atoms with Crippen LogP contribution in [0.4, 0.5) is 4.39 Å². The predicted molar refractivity (Wildman–Crippen MR) is 66.8 cm³/mol. The molecular formula is C15H13Co2FO8. The van der Waals surface area contributed by atoms with Crippen LogP contribution >= 0.6 is 0 Å². The smallest absolute Gasteiger partial charge is 0 e. The molecule has 8 nitrogen and oxygen atoms in total. The third-order valence-electron chi connectivity index (χ3n) is 1.74. The Balaban J connectivity index is -0.0000000332. The van der Waals surface area contributed by atoms with Crippen LogP contribution in [0.3, 0.4) is 0 Å². The molecule has 1 aliphatic heterocycles. The minimum absolute atomic E-state index is 0. The standard InChI is InChI=1S/C9H13FO2.6CO.2Co/c1-6(10)4-5-9-11-7(2)8(3)12-9;6*1-2;;/h6-9H,1-3H3;;;;;;;;/t6-,7-,8-;;;;;;;;/m1......../s1. The molecule has 0 bridgehead atoms. The van der Waals surface area contributed by atoms with Gasteiger partial charge in [0.25, 0.3) is 0 Å². The maximum absolute atomic E-state index is 12.3. The summed E-state index contributed by atoms with van der Waals surface area (Å²) in [6.45, 7) is 32.2. The molecule has 1 rings (SSSR count). The van der Waals surface area contributed by atoms with E-state index in [-0.39, 0.29) is 45.8 Å². The Kier molecular flexibility index (Phi) is 108. The third kappa shape index (κ3) is 43.4. The van der Waals surface area contributed by atoms with E-state index in [0.717, 1.165) is 0 Å². The topological polar surface area (TPSA) is 138 Å². The number of rotatable bonds is 0. The van der Waals surface area contributed by atoms with Gasteiger partial charge in [-0.1, -0.05) is 5.92 Å². The quantitative estimate of drug-likeness (QED) is 0.307. The molecular weight excluding hydrogens is 445 g/mol. The van der Waals surface area contributed by atoms with E-state index >= 15 is 0 Å². The molecule has 0 aromatic heterocycles. The number of halogens is 1.